The molecule has 9 nitrogen and oxygen atoms in total. The zero-order valence-electron chi connectivity index (χ0n) is 21.7. The number of anilines is 1. The van der Waals surface area contributed by atoms with E-state index in [2.05, 4.69) is 15.5 Å². The number of rotatable bonds is 8. The van der Waals surface area contributed by atoms with Gasteiger partial charge in [-0.05, 0) is 60.7 Å². The third kappa shape index (κ3) is 6.95. The first-order valence-corrected chi connectivity index (χ1v) is 13.9. The predicted molar refractivity (Wildman–Crippen MR) is 149 cm³/mol. The SMILES string of the molecule is CCOc1ccc(NC(=O)c2cc3ccccc3c(N=Nc3cc(S(=O)(=O)O)c(CC)cc3Cl)c2[O-])cc1Cl.[Na+]. The van der Waals surface area contributed by atoms with Crippen molar-refractivity contribution in [2.24, 2.45) is 10.2 Å². The van der Waals surface area contributed by atoms with Crippen molar-refractivity contribution in [2.45, 2.75) is 25.2 Å². The molecule has 0 aliphatic carbocycles. The van der Waals surface area contributed by atoms with Crippen LogP contribution in [0.15, 0.2) is 75.8 Å². The molecule has 0 saturated heterocycles. The van der Waals surface area contributed by atoms with Crippen LogP contribution in [0.2, 0.25) is 10.0 Å². The summed E-state index contributed by atoms with van der Waals surface area (Å²) in [6.07, 6.45) is 0.290. The molecular weight excluding hydrogens is 588 g/mol. The molecule has 0 bridgehead atoms. The smallest absolute Gasteiger partial charge is 0.870 e. The maximum Gasteiger partial charge on any atom is 1.00 e. The van der Waals surface area contributed by atoms with Crippen molar-refractivity contribution in [3.63, 3.8) is 0 Å². The first-order valence-electron chi connectivity index (χ1n) is 11.7. The molecule has 1 amide bonds. The first-order chi connectivity index (χ1) is 18.5. The van der Waals surface area contributed by atoms with Crippen molar-refractivity contribution < 1.29 is 57.2 Å². The second-order valence-corrected chi connectivity index (χ2v) is 10.5. The molecule has 4 aromatic rings. The molecule has 0 aromatic heterocycles. The van der Waals surface area contributed by atoms with E-state index in [1.807, 2.05) is 6.92 Å². The molecule has 0 unspecified atom stereocenters. The fraction of sp³-hybridized carbons (Fsp3) is 0.148. The maximum atomic E-state index is 13.4. The molecule has 0 saturated carbocycles. The van der Waals surface area contributed by atoms with Crippen molar-refractivity contribution in [3.05, 3.63) is 81.8 Å². The van der Waals surface area contributed by atoms with Crippen molar-refractivity contribution in [1.82, 2.24) is 0 Å². The van der Waals surface area contributed by atoms with Gasteiger partial charge in [-0.15, -0.1) is 5.11 Å². The van der Waals surface area contributed by atoms with Crippen LogP contribution in [-0.4, -0.2) is 25.5 Å². The molecule has 0 fully saturated rings. The van der Waals surface area contributed by atoms with Crippen molar-refractivity contribution in [3.8, 4) is 11.5 Å². The fourth-order valence-electron chi connectivity index (χ4n) is 3.91. The number of nitrogens with one attached hydrogen (secondary N) is 1. The first kappa shape index (κ1) is 31.8. The Labute approximate surface area is 263 Å². The van der Waals surface area contributed by atoms with Gasteiger partial charge in [-0.25, -0.2) is 0 Å². The molecule has 202 valence electrons. The molecule has 4 rings (SSSR count). The van der Waals surface area contributed by atoms with E-state index < -0.39 is 21.8 Å². The Morgan fingerprint density at radius 3 is 2.40 bits per heavy atom. The van der Waals surface area contributed by atoms with Crippen molar-refractivity contribution in [1.29, 1.82) is 0 Å². The van der Waals surface area contributed by atoms with Crippen LogP contribution in [0.4, 0.5) is 17.1 Å². The summed E-state index contributed by atoms with van der Waals surface area (Å²) in [4.78, 5) is 12.8. The number of amides is 1. The number of aryl methyl sites for hydroxylation is 1. The van der Waals surface area contributed by atoms with Gasteiger partial charge in [0.25, 0.3) is 16.0 Å². The minimum atomic E-state index is -4.56. The number of halogens is 2. The van der Waals surface area contributed by atoms with Crippen molar-refractivity contribution in [2.75, 3.05) is 11.9 Å². The Morgan fingerprint density at radius 2 is 1.75 bits per heavy atom. The molecule has 0 aliphatic rings. The predicted octanol–water partition coefficient (Wildman–Crippen LogP) is 4.10. The molecule has 0 radical (unpaired) electrons. The number of ether oxygens (including phenoxy) is 1. The quantitative estimate of drug-likeness (QED) is 0.175. The molecule has 40 heavy (non-hydrogen) atoms. The molecule has 13 heteroatoms. The number of carbonyl (C=O) groups is 1. The third-order valence-corrected chi connectivity index (χ3v) is 7.29. The number of hydrogen-bond acceptors (Lipinski definition) is 7. The van der Waals surface area contributed by atoms with Gasteiger partial charge in [-0.3, -0.25) is 9.35 Å². The molecule has 0 atom stereocenters. The van der Waals surface area contributed by atoms with E-state index in [0.29, 0.717) is 45.8 Å². The van der Waals surface area contributed by atoms with E-state index in [-0.39, 0.29) is 56.4 Å². The van der Waals surface area contributed by atoms with Gasteiger partial charge in [0.2, 0.25) is 0 Å². The van der Waals surface area contributed by atoms with Crippen LogP contribution in [-0.2, 0) is 16.5 Å². The summed E-state index contributed by atoms with van der Waals surface area (Å²) in [5.74, 6) is -0.942. The maximum absolute atomic E-state index is 13.4. The Hall–Kier alpha value is -2.70. The zero-order valence-corrected chi connectivity index (χ0v) is 26.1. The van der Waals surface area contributed by atoms with Crippen molar-refractivity contribution >= 4 is 67.1 Å². The Balaban J connectivity index is 0.00000441. The topological polar surface area (TPSA) is 140 Å². The van der Waals surface area contributed by atoms with E-state index in [1.54, 1.807) is 43.3 Å². The summed E-state index contributed by atoms with van der Waals surface area (Å²) < 4.78 is 38.7. The summed E-state index contributed by atoms with van der Waals surface area (Å²) >= 11 is 12.5. The Morgan fingerprint density at radius 1 is 1.02 bits per heavy atom. The van der Waals surface area contributed by atoms with E-state index in [0.717, 1.165) is 6.07 Å². The second kappa shape index (κ2) is 13.3. The van der Waals surface area contributed by atoms with Crippen LogP contribution in [0, 0.1) is 0 Å². The monoisotopic (exact) mass is 609 g/mol. The van der Waals surface area contributed by atoms with Gasteiger partial charge in [0, 0.05) is 16.6 Å². The largest absolute Gasteiger partial charge is 1.00 e. The number of carbonyl (C=O) groups excluding carboxylic acids is 1. The number of fused-ring (bicyclic) bond motifs is 1. The normalized spacial score (nSPS) is 11.4. The zero-order chi connectivity index (χ0) is 28.3. The fourth-order valence-corrected chi connectivity index (χ4v) is 5.16. The number of nitrogens with zero attached hydrogens (tertiary/aromatic N) is 2. The van der Waals surface area contributed by atoms with Crippen LogP contribution in [0.25, 0.3) is 10.8 Å². The van der Waals surface area contributed by atoms with Gasteiger partial charge in [0.1, 0.15) is 11.4 Å². The van der Waals surface area contributed by atoms with Gasteiger partial charge >= 0.3 is 29.6 Å². The van der Waals surface area contributed by atoms with Crippen LogP contribution in [0.1, 0.15) is 29.8 Å². The van der Waals surface area contributed by atoms with Crippen LogP contribution in [0.3, 0.4) is 0 Å². The van der Waals surface area contributed by atoms with Gasteiger partial charge in [-0.2, -0.15) is 13.5 Å². The number of benzene rings is 4. The van der Waals surface area contributed by atoms with Gasteiger partial charge in [0.05, 0.1) is 27.2 Å². The summed E-state index contributed by atoms with van der Waals surface area (Å²) in [6, 6.07) is 15.4. The number of hydrogen-bond donors (Lipinski definition) is 2. The minimum Gasteiger partial charge on any atom is -0.870 e. The molecular formula is C27H22Cl2N3NaO6S. The molecule has 2 N–H and O–H groups in total. The van der Waals surface area contributed by atoms with Crippen LogP contribution >= 0.6 is 23.2 Å². The number of azo groups is 1. The van der Waals surface area contributed by atoms with E-state index in [4.69, 9.17) is 27.9 Å². The van der Waals surface area contributed by atoms with Gasteiger partial charge < -0.3 is 15.2 Å². The summed E-state index contributed by atoms with van der Waals surface area (Å²) in [5, 5.41) is 25.5. The van der Waals surface area contributed by atoms with E-state index >= 15 is 0 Å². The van der Waals surface area contributed by atoms with Crippen LogP contribution in [0.5, 0.6) is 11.5 Å². The van der Waals surface area contributed by atoms with Crippen LogP contribution < -0.4 is 44.7 Å². The van der Waals surface area contributed by atoms with E-state index in [1.165, 1.54) is 18.2 Å². The summed E-state index contributed by atoms with van der Waals surface area (Å²) in [5.41, 5.74) is 0.226. The average molecular weight is 610 g/mol. The molecule has 0 spiro atoms. The standard InChI is InChI=1S/C27H23Cl2N3O6S.Na/c1-3-15-12-20(28)22(14-24(15)39(35,36)37)31-32-25-18-8-6-5-7-16(18)11-19(26(25)33)27(34)30-17-9-10-23(38-4-2)21(29)13-17;/h5-14,33H,3-4H2,1-2H3,(H,30,34)(H,35,36,37);/q;+1/p-1. The summed E-state index contributed by atoms with van der Waals surface area (Å²) in [7, 11) is -4.56. The second-order valence-electron chi connectivity index (χ2n) is 8.30. The summed E-state index contributed by atoms with van der Waals surface area (Å²) in [6.45, 7) is 3.94. The van der Waals surface area contributed by atoms with Gasteiger partial charge in [0.15, 0.2) is 0 Å². The molecule has 0 heterocycles. The average Bonchev–Trinajstić information content (AvgIpc) is 2.89. The minimum absolute atomic E-state index is 0. The van der Waals surface area contributed by atoms with Gasteiger partial charge in [-0.1, -0.05) is 60.1 Å². The Kier molecular flexibility index (Phi) is 10.6. The third-order valence-electron chi connectivity index (χ3n) is 5.76. The molecule has 4 aromatic carbocycles. The van der Waals surface area contributed by atoms with E-state index in [9.17, 15) is 22.9 Å². The molecule has 0 aliphatic heterocycles. The Bertz CT molecular complexity index is 1730.